The van der Waals surface area contributed by atoms with Crippen LogP contribution >= 0.6 is 0 Å². The standard InChI is InChI=1S/3C5H10N4/c1-4(2)5-6-7-8-9(5)3;2*1-4(2)5-6-8-9(3)7-5/h3*4H,1-3H3. The molecule has 27 heavy (non-hydrogen) atoms. The van der Waals surface area contributed by atoms with Gasteiger partial charge in [-0.25, -0.2) is 4.68 Å². The summed E-state index contributed by atoms with van der Waals surface area (Å²) >= 11 is 0. The normalized spacial score (nSPS) is 10.7. The smallest absolute Gasteiger partial charge is 0.177 e. The third-order valence-corrected chi connectivity index (χ3v) is 3.25. The lowest BCUT2D eigenvalue weighted by Crippen LogP contribution is -2.00. The molecule has 0 aliphatic carbocycles. The van der Waals surface area contributed by atoms with Gasteiger partial charge in [0.05, 0.1) is 14.1 Å². The molecular weight excluding hydrogens is 348 g/mol. The highest BCUT2D eigenvalue weighted by atomic mass is 15.6. The van der Waals surface area contributed by atoms with Crippen LogP contribution in [-0.4, -0.2) is 60.6 Å². The van der Waals surface area contributed by atoms with Crippen molar-refractivity contribution < 1.29 is 0 Å². The van der Waals surface area contributed by atoms with Gasteiger partial charge in [0.15, 0.2) is 17.5 Å². The molecule has 0 radical (unpaired) electrons. The van der Waals surface area contributed by atoms with Crippen LogP contribution in [0.15, 0.2) is 0 Å². The zero-order chi connectivity index (χ0) is 20.6. The molecule has 3 heterocycles. The molecule has 0 fully saturated rings. The number of aromatic nitrogens is 12. The van der Waals surface area contributed by atoms with E-state index in [2.05, 4.69) is 60.2 Å². The van der Waals surface area contributed by atoms with Gasteiger partial charge < -0.3 is 0 Å². The SMILES string of the molecule is CC(C)c1nnn(C)n1.CC(C)c1nnn(C)n1.CC(C)c1nnnn1C. The fraction of sp³-hybridized carbons (Fsp3) is 0.800. The lowest BCUT2D eigenvalue weighted by atomic mass is 10.2. The number of nitrogens with zero attached hydrogens (tertiary/aromatic N) is 12. The number of tetrazole rings is 3. The van der Waals surface area contributed by atoms with E-state index in [0.29, 0.717) is 17.8 Å². The summed E-state index contributed by atoms with van der Waals surface area (Å²) in [5, 5.41) is 34.0. The summed E-state index contributed by atoms with van der Waals surface area (Å²) in [6, 6.07) is 0. The Morgan fingerprint density at radius 1 is 0.593 bits per heavy atom. The van der Waals surface area contributed by atoms with Crippen LogP contribution in [0.4, 0.5) is 0 Å². The van der Waals surface area contributed by atoms with Crippen LogP contribution in [0.1, 0.15) is 76.8 Å². The second-order valence-corrected chi connectivity index (χ2v) is 6.90. The Labute approximate surface area is 159 Å². The Morgan fingerprint density at radius 2 is 1.04 bits per heavy atom. The number of rotatable bonds is 3. The fourth-order valence-electron chi connectivity index (χ4n) is 1.79. The molecule has 0 aliphatic heterocycles. The third kappa shape index (κ3) is 7.54. The summed E-state index contributed by atoms with van der Waals surface area (Å²) in [5.41, 5.74) is 0. The van der Waals surface area contributed by atoms with Crippen LogP contribution < -0.4 is 0 Å². The molecule has 12 nitrogen and oxygen atoms in total. The van der Waals surface area contributed by atoms with Gasteiger partial charge >= 0.3 is 0 Å². The van der Waals surface area contributed by atoms with Crippen molar-refractivity contribution in [2.75, 3.05) is 0 Å². The molecule has 0 atom stereocenters. The van der Waals surface area contributed by atoms with Gasteiger partial charge in [0.25, 0.3) is 0 Å². The van der Waals surface area contributed by atoms with Crippen molar-refractivity contribution in [3.63, 3.8) is 0 Å². The van der Waals surface area contributed by atoms with Gasteiger partial charge in [-0.3, -0.25) is 0 Å². The molecular formula is C15H30N12. The molecule has 3 rings (SSSR count). The number of aryl methyl sites for hydroxylation is 3. The van der Waals surface area contributed by atoms with Gasteiger partial charge in [-0.15, -0.1) is 25.5 Å². The summed E-state index contributed by atoms with van der Waals surface area (Å²) in [5.74, 6) is 3.69. The average Bonchev–Trinajstić information content (AvgIpc) is 3.29. The summed E-state index contributed by atoms with van der Waals surface area (Å²) in [4.78, 5) is 2.94. The molecule has 0 saturated carbocycles. The minimum atomic E-state index is 0.374. The Kier molecular flexibility index (Phi) is 8.56. The molecule has 3 aromatic heterocycles. The van der Waals surface area contributed by atoms with Gasteiger partial charge in [-0.05, 0) is 20.9 Å². The maximum Gasteiger partial charge on any atom is 0.177 e. The molecule has 3 aromatic rings. The maximum absolute atomic E-state index is 4.00. The van der Waals surface area contributed by atoms with E-state index in [-0.39, 0.29) is 0 Å². The lowest BCUT2D eigenvalue weighted by molar-refractivity contribution is 0.625. The average molecular weight is 378 g/mol. The zero-order valence-corrected chi connectivity index (χ0v) is 17.6. The molecule has 0 saturated heterocycles. The highest BCUT2D eigenvalue weighted by Gasteiger charge is 2.05. The molecule has 0 aliphatic rings. The third-order valence-electron chi connectivity index (χ3n) is 3.25. The second-order valence-electron chi connectivity index (χ2n) is 6.90. The van der Waals surface area contributed by atoms with E-state index >= 15 is 0 Å². The molecule has 0 unspecified atom stereocenters. The summed E-state index contributed by atoms with van der Waals surface area (Å²) < 4.78 is 1.69. The van der Waals surface area contributed by atoms with Gasteiger partial charge in [0.1, 0.15) is 0 Å². The molecule has 0 N–H and O–H groups in total. The van der Waals surface area contributed by atoms with Gasteiger partial charge in [-0.1, -0.05) is 41.5 Å². The fourth-order valence-corrected chi connectivity index (χ4v) is 1.79. The van der Waals surface area contributed by atoms with Gasteiger partial charge in [0.2, 0.25) is 0 Å². The number of hydrogen-bond acceptors (Lipinski definition) is 9. The minimum Gasteiger partial charge on any atom is -0.232 e. The van der Waals surface area contributed by atoms with Gasteiger partial charge in [0, 0.05) is 24.8 Å². The first-order valence-corrected chi connectivity index (χ1v) is 8.81. The summed E-state index contributed by atoms with van der Waals surface area (Å²) in [6.07, 6.45) is 0. The first kappa shape index (κ1) is 22.3. The summed E-state index contributed by atoms with van der Waals surface area (Å²) in [7, 11) is 5.37. The predicted molar refractivity (Wildman–Crippen MR) is 98.7 cm³/mol. The van der Waals surface area contributed by atoms with Crippen molar-refractivity contribution >= 4 is 0 Å². The van der Waals surface area contributed by atoms with Gasteiger partial charge in [-0.2, -0.15) is 9.59 Å². The molecule has 150 valence electrons. The van der Waals surface area contributed by atoms with E-state index in [4.69, 9.17) is 0 Å². The predicted octanol–water partition coefficient (Wildman–Crippen LogP) is 1.00. The van der Waals surface area contributed by atoms with Crippen LogP contribution in [-0.2, 0) is 21.1 Å². The van der Waals surface area contributed by atoms with E-state index in [1.165, 1.54) is 9.59 Å². The van der Waals surface area contributed by atoms with Crippen molar-refractivity contribution in [1.82, 2.24) is 60.6 Å². The topological polar surface area (TPSA) is 131 Å². The molecule has 0 amide bonds. The van der Waals surface area contributed by atoms with Crippen molar-refractivity contribution in [3.8, 4) is 0 Å². The van der Waals surface area contributed by atoms with E-state index < -0.39 is 0 Å². The molecule has 0 spiro atoms. The maximum atomic E-state index is 4.00. The highest BCUT2D eigenvalue weighted by Crippen LogP contribution is 2.06. The largest absolute Gasteiger partial charge is 0.232 e. The second kappa shape index (κ2) is 10.4. The van der Waals surface area contributed by atoms with Crippen LogP contribution in [0.3, 0.4) is 0 Å². The van der Waals surface area contributed by atoms with Crippen molar-refractivity contribution in [3.05, 3.63) is 17.5 Å². The van der Waals surface area contributed by atoms with Crippen LogP contribution in [0.5, 0.6) is 0 Å². The van der Waals surface area contributed by atoms with E-state index in [9.17, 15) is 0 Å². The van der Waals surface area contributed by atoms with Crippen molar-refractivity contribution in [1.29, 1.82) is 0 Å². The minimum absolute atomic E-state index is 0.374. The van der Waals surface area contributed by atoms with Crippen LogP contribution in [0, 0.1) is 0 Å². The quantitative estimate of drug-likeness (QED) is 0.654. The Morgan fingerprint density at radius 3 is 1.19 bits per heavy atom. The lowest BCUT2D eigenvalue weighted by Gasteiger charge is -1.98. The Balaban J connectivity index is 0.000000202. The van der Waals surface area contributed by atoms with Crippen molar-refractivity contribution in [2.45, 2.75) is 59.3 Å². The highest BCUT2D eigenvalue weighted by molar-refractivity contribution is 4.86. The molecule has 12 heteroatoms. The van der Waals surface area contributed by atoms with Crippen LogP contribution in [0.25, 0.3) is 0 Å². The zero-order valence-electron chi connectivity index (χ0n) is 17.6. The Hall–Kier alpha value is -2.79. The van der Waals surface area contributed by atoms with E-state index in [1.54, 1.807) is 18.8 Å². The first-order valence-electron chi connectivity index (χ1n) is 8.81. The van der Waals surface area contributed by atoms with E-state index in [0.717, 1.165) is 17.5 Å². The first-order chi connectivity index (χ1) is 12.6. The number of hydrogen-bond donors (Lipinski definition) is 0. The van der Waals surface area contributed by atoms with Crippen molar-refractivity contribution in [2.24, 2.45) is 21.1 Å². The van der Waals surface area contributed by atoms with Crippen LogP contribution in [0.2, 0.25) is 0 Å². The van der Waals surface area contributed by atoms with E-state index in [1.807, 2.05) is 34.7 Å². The molecule has 0 aromatic carbocycles. The molecule has 0 bridgehead atoms. The Bertz CT molecular complexity index is 738. The monoisotopic (exact) mass is 378 g/mol. The summed E-state index contributed by atoms with van der Waals surface area (Å²) in [6.45, 7) is 12.3.